The fourth-order valence-electron chi connectivity index (χ4n) is 4.16. The van der Waals surface area contributed by atoms with Gasteiger partial charge in [0.25, 0.3) is 0 Å². The average Bonchev–Trinajstić information content (AvgIpc) is 3.36. The van der Waals surface area contributed by atoms with Gasteiger partial charge < -0.3 is 14.7 Å². The number of piperidine rings is 1. The Morgan fingerprint density at radius 3 is 2.44 bits per heavy atom. The van der Waals surface area contributed by atoms with E-state index in [1.54, 1.807) is 6.92 Å². The molecule has 0 N–H and O–H groups in total. The number of benzene rings is 1. The Kier molecular flexibility index (Phi) is 4.28. The third-order valence-corrected chi connectivity index (χ3v) is 5.83. The number of anilines is 2. The molecule has 3 aliphatic rings. The molecule has 0 unspecified atom stereocenters. The molecule has 2 heterocycles. The lowest BCUT2D eigenvalue weighted by molar-refractivity contribution is -0.120. The Morgan fingerprint density at radius 1 is 1.08 bits per heavy atom. The van der Waals surface area contributed by atoms with Crippen LogP contribution in [0.25, 0.3) is 0 Å². The van der Waals surface area contributed by atoms with Crippen molar-refractivity contribution in [2.75, 3.05) is 36.5 Å². The second-order valence-corrected chi connectivity index (χ2v) is 7.75. The molecular formula is C20H27N3O2. The number of hydrogen-bond donors (Lipinski definition) is 0. The topological polar surface area (TPSA) is 43.9 Å². The smallest absolute Gasteiger partial charge is 0.230 e. The van der Waals surface area contributed by atoms with Crippen LogP contribution in [0.1, 0.15) is 38.2 Å². The van der Waals surface area contributed by atoms with Crippen molar-refractivity contribution in [2.24, 2.45) is 5.92 Å². The van der Waals surface area contributed by atoms with Crippen LogP contribution in [0.2, 0.25) is 0 Å². The summed E-state index contributed by atoms with van der Waals surface area (Å²) in [6.07, 6.45) is 5.01. The van der Waals surface area contributed by atoms with Gasteiger partial charge in [-0.25, -0.2) is 0 Å². The number of hydrogen-bond acceptors (Lipinski definition) is 3. The number of amides is 2. The minimum absolute atomic E-state index is 0.0905. The molecule has 134 valence electrons. The number of carbonyl (C=O) groups is 2. The summed E-state index contributed by atoms with van der Waals surface area (Å²) in [5, 5.41) is 0. The van der Waals surface area contributed by atoms with E-state index in [0.29, 0.717) is 11.9 Å². The lowest BCUT2D eigenvalue weighted by Crippen LogP contribution is -2.47. The second-order valence-electron chi connectivity index (χ2n) is 7.75. The zero-order valence-corrected chi connectivity index (χ0v) is 15.2. The quantitative estimate of drug-likeness (QED) is 0.848. The van der Waals surface area contributed by atoms with Gasteiger partial charge in [-0.1, -0.05) is 0 Å². The second kappa shape index (κ2) is 6.45. The Morgan fingerprint density at radius 2 is 1.80 bits per heavy atom. The number of likely N-dealkylation sites (tertiary alicyclic amines) is 1. The third-order valence-electron chi connectivity index (χ3n) is 5.83. The van der Waals surface area contributed by atoms with E-state index in [2.05, 4.69) is 22.9 Å². The molecule has 2 amide bonds. The Balaban J connectivity index is 1.63. The molecule has 1 saturated heterocycles. The molecule has 0 spiro atoms. The SMILES string of the molecule is CC(=O)N1CCc2cc(N(C(=O)C3CC3)C3CCN(C)CC3)ccc21. The normalized spacial score (nSPS) is 21.3. The van der Waals surface area contributed by atoms with Gasteiger partial charge >= 0.3 is 0 Å². The Labute approximate surface area is 149 Å². The molecule has 0 bridgehead atoms. The van der Waals surface area contributed by atoms with E-state index in [-0.39, 0.29) is 11.8 Å². The van der Waals surface area contributed by atoms with Crippen molar-refractivity contribution >= 4 is 23.2 Å². The van der Waals surface area contributed by atoms with Crippen LogP contribution in [0, 0.1) is 5.92 Å². The lowest BCUT2D eigenvalue weighted by atomic mass is 10.0. The van der Waals surface area contributed by atoms with Gasteiger partial charge in [-0.15, -0.1) is 0 Å². The van der Waals surface area contributed by atoms with Gasteiger partial charge in [0.15, 0.2) is 0 Å². The lowest BCUT2D eigenvalue weighted by Gasteiger charge is -2.37. The number of carbonyl (C=O) groups excluding carboxylic acids is 2. The standard InChI is InChI=1S/C20H27N3O2/c1-14(24)22-12-7-16-13-18(5-6-19(16)22)23(20(25)15-3-4-15)17-8-10-21(2)11-9-17/h5-6,13,15,17H,3-4,7-12H2,1-2H3. The predicted molar refractivity (Wildman–Crippen MR) is 98.9 cm³/mol. The first-order chi connectivity index (χ1) is 12.0. The summed E-state index contributed by atoms with van der Waals surface area (Å²) in [6, 6.07) is 6.52. The van der Waals surface area contributed by atoms with Gasteiger partial charge in [0.2, 0.25) is 11.8 Å². The van der Waals surface area contributed by atoms with E-state index in [1.165, 1.54) is 5.56 Å². The highest BCUT2D eigenvalue weighted by Gasteiger charge is 2.38. The van der Waals surface area contributed by atoms with E-state index in [0.717, 1.165) is 63.1 Å². The summed E-state index contributed by atoms with van der Waals surface area (Å²) in [7, 11) is 2.15. The zero-order valence-electron chi connectivity index (χ0n) is 15.2. The van der Waals surface area contributed by atoms with E-state index in [4.69, 9.17) is 0 Å². The summed E-state index contributed by atoms with van der Waals surface area (Å²) in [4.78, 5) is 31.0. The van der Waals surface area contributed by atoms with Gasteiger partial charge in [-0.2, -0.15) is 0 Å². The van der Waals surface area contributed by atoms with Gasteiger partial charge in [0.05, 0.1) is 0 Å². The zero-order chi connectivity index (χ0) is 17.6. The molecule has 2 aliphatic heterocycles. The van der Waals surface area contributed by atoms with Crippen LogP contribution in [0.3, 0.4) is 0 Å². The van der Waals surface area contributed by atoms with Crippen molar-refractivity contribution in [2.45, 2.75) is 45.1 Å². The first-order valence-corrected chi connectivity index (χ1v) is 9.47. The van der Waals surface area contributed by atoms with Gasteiger partial charge in [-0.05, 0) is 76.0 Å². The highest BCUT2D eigenvalue weighted by atomic mass is 16.2. The molecule has 0 radical (unpaired) electrons. The predicted octanol–water partition coefficient (Wildman–Crippen LogP) is 2.43. The van der Waals surface area contributed by atoms with Gasteiger partial charge in [0.1, 0.15) is 0 Å². The molecule has 0 atom stereocenters. The molecule has 2 fully saturated rings. The number of rotatable bonds is 3. The summed E-state index contributed by atoms with van der Waals surface area (Å²) in [5.74, 6) is 0.616. The summed E-state index contributed by atoms with van der Waals surface area (Å²) < 4.78 is 0. The molecule has 1 aromatic rings. The number of nitrogens with zero attached hydrogens (tertiary/aromatic N) is 3. The fraction of sp³-hybridized carbons (Fsp3) is 0.600. The van der Waals surface area contributed by atoms with Crippen LogP contribution in [0.5, 0.6) is 0 Å². The molecule has 1 aliphatic carbocycles. The van der Waals surface area contributed by atoms with Crippen molar-refractivity contribution in [3.8, 4) is 0 Å². The molecule has 4 rings (SSSR count). The first kappa shape index (κ1) is 16.6. The summed E-state index contributed by atoms with van der Waals surface area (Å²) in [6.45, 7) is 4.45. The maximum atomic E-state index is 13.0. The van der Waals surface area contributed by atoms with Crippen LogP contribution in [0.4, 0.5) is 11.4 Å². The highest BCUT2D eigenvalue weighted by molar-refractivity contribution is 5.98. The van der Waals surface area contributed by atoms with Crippen LogP contribution in [0.15, 0.2) is 18.2 Å². The van der Waals surface area contributed by atoms with Crippen LogP contribution < -0.4 is 9.80 Å². The Bertz CT molecular complexity index is 690. The largest absolute Gasteiger partial charge is 0.312 e. The van der Waals surface area contributed by atoms with Crippen LogP contribution in [-0.4, -0.2) is 49.4 Å². The van der Waals surface area contributed by atoms with E-state index < -0.39 is 0 Å². The van der Waals surface area contributed by atoms with Crippen molar-refractivity contribution in [3.05, 3.63) is 23.8 Å². The van der Waals surface area contributed by atoms with Crippen molar-refractivity contribution in [3.63, 3.8) is 0 Å². The van der Waals surface area contributed by atoms with Gasteiger partial charge in [-0.3, -0.25) is 9.59 Å². The highest BCUT2D eigenvalue weighted by Crippen LogP contribution is 2.38. The third kappa shape index (κ3) is 3.17. The van der Waals surface area contributed by atoms with E-state index in [9.17, 15) is 9.59 Å². The summed E-state index contributed by atoms with van der Waals surface area (Å²) >= 11 is 0. The maximum Gasteiger partial charge on any atom is 0.230 e. The van der Waals surface area contributed by atoms with Gasteiger partial charge in [0, 0.05) is 36.8 Å². The molecule has 5 heteroatoms. The van der Waals surface area contributed by atoms with Crippen molar-refractivity contribution < 1.29 is 9.59 Å². The van der Waals surface area contributed by atoms with E-state index >= 15 is 0 Å². The van der Waals surface area contributed by atoms with Crippen LogP contribution >= 0.6 is 0 Å². The molecule has 25 heavy (non-hydrogen) atoms. The molecule has 0 aromatic heterocycles. The molecule has 5 nitrogen and oxygen atoms in total. The molecular weight excluding hydrogens is 314 g/mol. The fourth-order valence-corrected chi connectivity index (χ4v) is 4.16. The van der Waals surface area contributed by atoms with E-state index in [1.807, 2.05) is 17.0 Å². The maximum absolute atomic E-state index is 13.0. The van der Waals surface area contributed by atoms with Crippen molar-refractivity contribution in [1.82, 2.24) is 4.90 Å². The first-order valence-electron chi connectivity index (χ1n) is 9.47. The minimum Gasteiger partial charge on any atom is -0.312 e. The van der Waals surface area contributed by atoms with Crippen LogP contribution in [-0.2, 0) is 16.0 Å². The minimum atomic E-state index is 0.0905. The average molecular weight is 341 g/mol. The molecule has 1 saturated carbocycles. The monoisotopic (exact) mass is 341 g/mol. The summed E-state index contributed by atoms with van der Waals surface area (Å²) in [5.41, 5.74) is 3.23. The Hall–Kier alpha value is -1.88. The molecule has 1 aromatic carbocycles. The number of fused-ring (bicyclic) bond motifs is 1. The van der Waals surface area contributed by atoms with Crippen molar-refractivity contribution in [1.29, 1.82) is 0 Å².